The molecule has 10 N–H and O–H groups in total. The smallest absolute Gasteiger partial charge is 0.547 e. The number of aryl methyl sites for hydroxylation is 1. The van der Waals surface area contributed by atoms with E-state index >= 15 is 4.39 Å². The van der Waals surface area contributed by atoms with Crippen molar-refractivity contribution in [3.63, 3.8) is 0 Å². The van der Waals surface area contributed by atoms with Gasteiger partial charge < -0.3 is 113 Å². The summed E-state index contributed by atoms with van der Waals surface area (Å²) in [4.78, 5) is 56.7. The number of hydrogen-bond acceptors (Lipinski definition) is 25. The number of Topliss-reactive ketones (excluding diaryl/α,β-unsaturated/α-hetero) is 1. The predicted octanol–water partition coefficient (Wildman–Crippen LogP) is -6.66. The van der Waals surface area contributed by atoms with Crippen molar-refractivity contribution >= 4 is 28.6 Å². The van der Waals surface area contributed by atoms with Crippen molar-refractivity contribution in [1.29, 1.82) is 0 Å². The van der Waals surface area contributed by atoms with E-state index < -0.39 is 110 Å². The number of aliphatic hydroxyl groups excluding tert-OH is 7. The average Bonchev–Trinajstić information content (AvgIpc) is 3.85. The average molecular weight is 1180 g/mol. The maximum absolute atomic E-state index is 15.4. The van der Waals surface area contributed by atoms with Crippen molar-refractivity contribution in [2.75, 3.05) is 106 Å². The van der Waals surface area contributed by atoms with Gasteiger partial charge in [0.25, 0.3) is 5.56 Å². The van der Waals surface area contributed by atoms with Crippen LogP contribution in [0, 0.1) is 12.7 Å². The number of hydrogen-bond donors (Lipinski definition) is 10. The molecule has 0 saturated carbocycles. The van der Waals surface area contributed by atoms with E-state index in [0.717, 1.165) is 0 Å². The standard InChI is InChI=1S/C53H77FN4O23.Na/c1-5-30(19-59)79-43(27-76-25-41(64)55-9-10-73-11-12-74-13-14-77-51-49(67)48(66)47(65)40(22-62)81-51)78-24-31(20-60)80-42(72-4)26-75-23-29(63)17-56-37-8-7-32-28(3)36(54)16-38-44(32)45(37)33-18-58-39(46(33)57-38)15-35(34(21-61)50(58)68)53(71,6-2)52(69)70;/h15-16,30-31,37,40,42-43,47-49,51,56,59-62,65-67,71H,5-14,17-27H2,1-4H3,(H,55,64)(H,69,70);/q;+1/p-1/t30?,31?,37-,40?,42?,43?,47?,48?,49?,51?,53-;/m0./s1. The van der Waals surface area contributed by atoms with Crippen molar-refractivity contribution < 1.29 is 142 Å². The van der Waals surface area contributed by atoms with Crippen LogP contribution in [-0.2, 0) is 86.9 Å². The molecule has 9 unspecified atom stereocenters. The van der Waals surface area contributed by atoms with Crippen LogP contribution in [0.1, 0.15) is 72.5 Å². The summed E-state index contributed by atoms with van der Waals surface area (Å²) in [7, 11) is 1.33. The number of benzene rings is 1. The minimum Gasteiger partial charge on any atom is -0.547 e. The number of methoxy groups -OCH3 is 1. The molecular formula is C53H76FN4NaO23. The number of amides is 1. The Labute approximate surface area is 494 Å². The fourth-order valence-corrected chi connectivity index (χ4v) is 9.72. The third-order valence-corrected chi connectivity index (χ3v) is 14.3. The number of fused-ring (bicyclic) bond motifs is 4. The Kier molecular flexibility index (Phi) is 28.1. The molecule has 0 spiro atoms. The van der Waals surface area contributed by atoms with Crippen molar-refractivity contribution in [3.8, 4) is 11.4 Å². The molecule has 3 aromatic rings. The number of carbonyl (C=O) groups excluding carboxylic acids is 3. The van der Waals surface area contributed by atoms with Crippen LogP contribution in [0.5, 0.6) is 0 Å². The minimum atomic E-state index is -2.61. The summed E-state index contributed by atoms with van der Waals surface area (Å²) in [5.41, 5.74) is -0.938. The van der Waals surface area contributed by atoms with Gasteiger partial charge in [-0.15, -0.1) is 0 Å². The first-order valence-corrected chi connectivity index (χ1v) is 26.8. The number of pyridine rings is 2. The van der Waals surface area contributed by atoms with E-state index in [4.69, 9.17) is 52.4 Å². The topological polar surface area (TPSA) is 387 Å². The molecule has 1 aromatic carbocycles. The number of carboxylic acids is 1. The SMILES string of the molecule is CCC(CO)OC(COCC(=O)NCCOCCOCCOC1OC(CO)C(O)C(O)C1O)OCC(CO)OC(COCC(=O)CN[C@H]1CCc2c(C)c(F)cc3nc4c(c1c23)Cn1c-4cc([C@@](O)(CC)C(=O)[O-])c(CO)c1=O)OC.[Na+]. The second-order valence-corrected chi connectivity index (χ2v) is 19.6. The van der Waals surface area contributed by atoms with E-state index in [1.807, 2.05) is 0 Å². The van der Waals surface area contributed by atoms with E-state index in [1.165, 1.54) is 30.7 Å². The minimum absolute atomic E-state index is 0. The second kappa shape index (κ2) is 33.3. The number of carbonyl (C=O) groups is 3. The fourth-order valence-electron chi connectivity index (χ4n) is 9.72. The molecule has 0 radical (unpaired) electrons. The van der Waals surface area contributed by atoms with Gasteiger partial charge in [-0.1, -0.05) is 13.8 Å². The maximum Gasteiger partial charge on any atom is 1.00 e. The Balaban J connectivity index is 0.0000123. The van der Waals surface area contributed by atoms with Gasteiger partial charge in [-0.25, -0.2) is 9.37 Å². The largest absolute Gasteiger partial charge is 1.00 e. The third-order valence-electron chi connectivity index (χ3n) is 14.3. The summed E-state index contributed by atoms with van der Waals surface area (Å²) in [6.07, 6.45) is -9.88. The third kappa shape index (κ3) is 17.1. The number of aliphatic carboxylic acids is 1. The van der Waals surface area contributed by atoms with Gasteiger partial charge in [-0.3, -0.25) is 14.4 Å². The molecule has 3 aliphatic rings. The Morgan fingerprint density at radius 2 is 1.59 bits per heavy atom. The molecule has 4 heterocycles. The fraction of sp³-hybridized carbons (Fsp3) is 0.679. The normalized spacial score (nSPS) is 21.5. The van der Waals surface area contributed by atoms with E-state index in [0.29, 0.717) is 46.9 Å². The summed E-state index contributed by atoms with van der Waals surface area (Å²) in [5, 5.41) is 99.2. The van der Waals surface area contributed by atoms with Gasteiger partial charge in [0, 0.05) is 47.8 Å². The Morgan fingerprint density at radius 3 is 2.24 bits per heavy atom. The summed E-state index contributed by atoms with van der Waals surface area (Å²) < 4.78 is 72.3. The zero-order chi connectivity index (χ0) is 59.0. The molecule has 2 aromatic heterocycles. The van der Waals surface area contributed by atoms with Gasteiger partial charge in [0.15, 0.2) is 24.7 Å². The molecular weight excluding hydrogens is 1100 g/mol. The zero-order valence-electron chi connectivity index (χ0n) is 46.8. The molecule has 11 atom stereocenters. The molecule has 6 rings (SSSR count). The maximum atomic E-state index is 15.4. The quantitative estimate of drug-likeness (QED) is 0.0114. The van der Waals surface area contributed by atoms with Gasteiger partial charge in [-0.2, -0.15) is 0 Å². The van der Waals surface area contributed by atoms with E-state index in [2.05, 4.69) is 10.6 Å². The van der Waals surface area contributed by atoms with Crippen LogP contribution in [0.4, 0.5) is 4.39 Å². The monoisotopic (exact) mass is 1180 g/mol. The number of aliphatic hydroxyl groups is 8. The molecule has 1 aliphatic carbocycles. The molecule has 1 saturated heterocycles. The van der Waals surface area contributed by atoms with Crippen LogP contribution in [0.3, 0.4) is 0 Å². The van der Waals surface area contributed by atoms with Gasteiger partial charge in [-0.05, 0) is 55.4 Å². The molecule has 27 nitrogen and oxygen atoms in total. The van der Waals surface area contributed by atoms with Crippen molar-refractivity contribution in [2.24, 2.45) is 0 Å². The zero-order valence-corrected chi connectivity index (χ0v) is 48.8. The molecule has 454 valence electrons. The molecule has 82 heavy (non-hydrogen) atoms. The summed E-state index contributed by atoms with van der Waals surface area (Å²) in [5.74, 6) is -3.19. The summed E-state index contributed by atoms with van der Waals surface area (Å²) in [6.45, 7) is 1.44. The first kappa shape index (κ1) is 69.1. The van der Waals surface area contributed by atoms with Crippen LogP contribution in [-0.4, -0.2) is 230 Å². The van der Waals surface area contributed by atoms with E-state index in [-0.39, 0.29) is 162 Å². The molecule has 0 bridgehead atoms. The van der Waals surface area contributed by atoms with Crippen molar-refractivity contribution in [2.45, 2.75) is 127 Å². The second-order valence-electron chi connectivity index (χ2n) is 19.6. The van der Waals surface area contributed by atoms with Crippen LogP contribution in [0.15, 0.2) is 16.9 Å². The Hall–Kier alpha value is -3.64. The van der Waals surface area contributed by atoms with Gasteiger partial charge in [0.2, 0.25) is 5.91 Å². The predicted molar refractivity (Wildman–Crippen MR) is 275 cm³/mol. The number of ketones is 1. The number of aromatic nitrogens is 2. The first-order valence-electron chi connectivity index (χ1n) is 26.8. The van der Waals surface area contributed by atoms with Crippen LogP contribution >= 0.6 is 0 Å². The Bertz CT molecular complexity index is 2630. The molecule has 2 aliphatic heterocycles. The number of halogens is 1. The van der Waals surface area contributed by atoms with Crippen molar-refractivity contribution in [1.82, 2.24) is 20.2 Å². The molecule has 29 heteroatoms. The summed E-state index contributed by atoms with van der Waals surface area (Å²) >= 11 is 0. The first-order chi connectivity index (χ1) is 38.9. The number of carboxylic acid groups (broad SMARTS) is 1. The molecule has 1 amide bonds. The molecule has 1 fully saturated rings. The van der Waals surface area contributed by atoms with Gasteiger partial charge >= 0.3 is 29.6 Å². The van der Waals surface area contributed by atoms with E-state index in [9.17, 15) is 65.1 Å². The number of nitrogens with one attached hydrogen (secondary N) is 2. The van der Waals surface area contributed by atoms with Crippen LogP contribution in [0.25, 0.3) is 22.3 Å². The van der Waals surface area contributed by atoms with E-state index in [1.54, 1.807) is 13.8 Å². The number of ether oxygens (including phenoxy) is 10. The number of rotatable bonds is 37. The van der Waals surface area contributed by atoms with Crippen LogP contribution < -0.4 is 50.9 Å². The summed E-state index contributed by atoms with van der Waals surface area (Å²) in [6, 6.07) is 2.08. The Morgan fingerprint density at radius 1 is 0.902 bits per heavy atom. The number of nitrogens with zero attached hydrogens (tertiary/aromatic N) is 2. The van der Waals surface area contributed by atoms with Gasteiger partial charge in [0.1, 0.15) is 55.2 Å². The van der Waals surface area contributed by atoms with Gasteiger partial charge in [0.05, 0.1) is 121 Å². The van der Waals surface area contributed by atoms with Crippen molar-refractivity contribution in [3.05, 3.63) is 61.7 Å². The van der Waals surface area contributed by atoms with Crippen LogP contribution in [0.2, 0.25) is 0 Å².